The summed E-state index contributed by atoms with van der Waals surface area (Å²) in [6.07, 6.45) is 0.672. The van der Waals surface area contributed by atoms with Crippen LogP contribution in [0.4, 0.5) is 11.4 Å². The van der Waals surface area contributed by atoms with Crippen molar-refractivity contribution in [2.24, 2.45) is 0 Å². The fourth-order valence-corrected chi connectivity index (χ4v) is 2.49. The molecule has 132 valence electrons. The molecule has 2 aromatic rings. The first-order valence-electron chi connectivity index (χ1n) is 7.71. The number of carbonyl (C=O) groups is 1. The van der Waals surface area contributed by atoms with Crippen LogP contribution < -0.4 is 14.8 Å². The zero-order chi connectivity index (χ0) is 18.4. The average molecular weight is 344 g/mol. The number of nitro groups is 1. The fourth-order valence-electron chi connectivity index (χ4n) is 2.49. The summed E-state index contributed by atoms with van der Waals surface area (Å²) in [5.74, 6) is 1.14. The minimum Gasteiger partial charge on any atom is -0.497 e. The van der Waals surface area contributed by atoms with Crippen LogP contribution in [0.3, 0.4) is 0 Å². The summed E-state index contributed by atoms with van der Waals surface area (Å²) >= 11 is 0. The number of hydrogen-bond donors (Lipinski definition) is 1. The maximum absolute atomic E-state index is 12.2. The molecule has 0 aliphatic carbocycles. The number of aryl methyl sites for hydroxylation is 1. The Morgan fingerprint density at radius 2 is 1.96 bits per heavy atom. The van der Waals surface area contributed by atoms with E-state index in [-0.39, 0.29) is 18.0 Å². The quantitative estimate of drug-likeness (QED) is 0.613. The van der Waals surface area contributed by atoms with Crippen molar-refractivity contribution < 1.29 is 19.2 Å². The fraction of sp³-hybridized carbons (Fsp3) is 0.278. The number of benzene rings is 2. The number of rotatable bonds is 7. The SMILES string of the molecule is COc1ccc(OC)c(CCC(=O)Nc2cccc([N+](=O)[O-])c2C)c1. The summed E-state index contributed by atoms with van der Waals surface area (Å²) in [5.41, 5.74) is 1.71. The second-order valence-electron chi connectivity index (χ2n) is 5.43. The third kappa shape index (κ3) is 4.47. The molecule has 1 amide bonds. The van der Waals surface area contributed by atoms with Crippen molar-refractivity contribution in [1.29, 1.82) is 0 Å². The van der Waals surface area contributed by atoms with Gasteiger partial charge in [-0.25, -0.2) is 0 Å². The van der Waals surface area contributed by atoms with Crippen LogP contribution in [0.5, 0.6) is 11.5 Å². The zero-order valence-electron chi connectivity index (χ0n) is 14.4. The molecular formula is C18H20N2O5. The summed E-state index contributed by atoms with van der Waals surface area (Å²) in [6.45, 7) is 1.61. The lowest BCUT2D eigenvalue weighted by Gasteiger charge is -2.11. The Bertz CT molecular complexity index is 789. The van der Waals surface area contributed by atoms with E-state index >= 15 is 0 Å². The molecule has 0 bridgehead atoms. The van der Waals surface area contributed by atoms with Crippen LogP contribution in [0.2, 0.25) is 0 Å². The van der Waals surface area contributed by atoms with Crippen molar-refractivity contribution in [3.05, 3.63) is 57.6 Å². The van der Waals surface area contributed by atoms with Gasteiger partial charge in [0.05, 0.1) is 30.4 Å². The Kier molecular flexibility index (Phi) is 5.94. The summed E-state index contributed by atoms with van der Waals surface area (Å²) in [6, 6.07) is 10.0. The molecule has 1 N–H and O–H groups in total. The van der Waals surface area contributed by atoms with Gasteiger partial charge in [-0.1, -0.05) is 6.07 Å². The number of nitro benzene ring substituents is 1. The van der Waals surface area contributed by atoms with E-state index < -0.39 is 4.92 Å². The van der Waals surface area contributed by atoms with E-state index in [1.165, 1.54) is 6.07 Å². The second-order valence-corrected chi connectivity index (χ2v) is 5.43. The molecule has 0 atom stereocenters. The van der Waals surface area contributed by atoms with E-state index in [4.69, 9.17) is 9.47 Å². The van der Waals surface area contributed by atoms with Crippen LogP contribution >= 0.6 is 0 Å². The largest absolute Gasteiger partial charge is 0.497 e. The number of methoxy groups -OCH3 is 2. The Balaban J connectivity index is 2.07. The van der Waals surface area contributed by atoms with Gasteiger partial charge >= 0.3 is 0 Å². The highest BCUT2D eigenvalue weighted by atomic mass is 16.6. The monoisotopic (exact) mass is 344 g/mol. The number of amides is 1. The minimum atomic E-state index is -0.466. The van der Waals surface area contributed by atoms with Gasteiger partial charge in [-0.3, -0.25) is 14.9 Å². The zero-order valence-corrected chi connectivity index (χ0v) is 14.4. The lowest BCUT2D eigenvalue weighted by molar-refractivity contribution is -0.385. The first-order chi connectivity index (χ1) is 12.0. The molecule has 0 saturated carbocycles. The van der Waals surface area contributed by atoms with Crippen LogP contribution in [0.1, 0.15) is 17.5 Å². The van der Waals surface area contributed by atoms with E-state index in [0.717, 1.165) is 5.56 Å². The van der Waals surface area contributed by atoms with Gasteiger partial charge in [-0.2, -0.15) is 0 Å². The van der Waals surface area contributed by atoms with Gasteiger partial charge in [0.1, 0.15) is 11.5 Å². The van der Waals surface area contributed by atoms with Crippen molar-refractivity contribution in [3.8, 4) is 11.5 Å². The maximum atomic E-state index is 12.2. The predicted molar refractivity (Wildman–Crippen MR) is 94.3 cm³/mol. The number of ether oxygens (including phenoxy) is 2. The maximum Gasteiger partial charge on any atom is 0.274 e. The van der Waals surface area contributed by atoms with E-state index in [9.17, 15) is 14.9 Å². The summed E-state index contributed by atoms with van der Waals surface area (Å²) in [7, 11) is 3.14. The first kappa shape index (κ1) is 18.3. The Hall–Kier alpha value is -3.09. The third-order valence-corrected chi connectivity index (χ3v) is 3.88. The second kappa shape index (κ2) is 8.14. The molecule has 2 aromatic carbocycles. The number of nitrogens with one attached hydrogen (secondary N) is 1. The first-order valence-corrected chi connectivity index (χ1v) is 7.71. The standard InChI is InChI=1S/C18H20N2O5/c1-12-15(5-4-6-16(12)20(22)23)19-18(21)10-7-13-11-14(24-2)8-9-17(13)25-3/h4-6,8-9,11H,7,10H2,1-3H3,(H,19,21). The molecule has 0 spiro atoms. The Labute approximate surface area is 145 Å². The van der Waals surface area contributed by atoms with Crippen LogP contribution in [-0.4, -0.2) is 25.1 Å². The van der Waals surface area contributed by atoms with Crippen molar-refractivity contribution >= 4 is 17.3 Å². The lowest BCUT2D eigenvalue weighted by atomic mass is 10.1. The normalized spacial score (nSPS) is 10.2. The molecule has 0 fully saturated rings. The van der Waals surface area contributed by atoms with Gasteiger partial charge in [-0.05, 0) is 43.2 Å². The number of nitrogens with zero attached hydrogens (tertiary/aromatic N) is 1. The summed E-state index contributed by atoms with van der Waals surface area (Å²) < 4.78 is 10.5. The number of carbonyl (C=O) groups excluding carboxylic acids is 1. The van der Waals surface area contributed by atoms with E-state index in [1.54, 1.807) is 45.4 Å². The van der Waals surface area contributed by atoms with Gasteiger partial charge in [0.2, 0.25) is 5.91 Å². The van der Waals surface area contributed by atoms with Gasteiger partial charge < -0.3 is 14.8 Å². The van der Waals surface area contributed by atoms with Crippen molar-refractivity contribution in [2.75, 3.05) is 19.5 Å². The van der Waals surface area contributed by atoms with Gasteiger partial charge in [0.15, 0.2) is 0 Å². The topological polar surface area (TPSA) is 90.7 Å². The highest BCUT2D eigenvalue weighted by Gasteiger charge is 2.15. The van der Waals surface area contributed by atoms with E-state index in [2.05, 4.69) is 5.32 Å². The third-order valence-electron chi connectivity index (χ3n) is 3.88. The number of anilines is 1. The molecule has 2 rings (SSSR count). The Morgan fingerprint density at radius 3 is 2.60 bits per heavy atom. The van der Waals surface area contributed by atoms with Crippen LogP contribution in [0.15, 0.2) is 36.4 Å². The molecular weight excluding hydrogens is 324 g/mol. The van der Waals surface area contributed by atoms with Crippen LogP contribution in [-0.2, 0) is 11.2 Å². The lowest BCUT2D eigenvalue weighted by Crippen LogP contribution is -2.14. The molecule has 7 nitrogen and oxygen atoms in total. The smallest absolute Gasteiger partial charge is 0.274 e. The molecule has 0 heterocycles. The van der Waals surface area contributed by atoms with Gasteiger partial charge in [0.25, 0.3) is 5.69 Å². The molecule has 0 saturated heterocycles. The molecule has 7 heteroatoms. The van der Waals surface area contributed by atoms with Crippen LogP contribution in [0, 0.1) is 17.0 Å². The average Bonchev–Trinajstić information content (AvgIpc) is 2.61. The summed E-state index contributed by atoms with van der Waals surface area (Å²) in [4.78, 5) is 22.7. The van der Waals surface area contributed by atoms with Crippen LogP contribution in [0.25, 0.3) is 0 Å². The molecule has 0 unspecified atom stereocenters. The van der Waals surface area contributed by atoms with E-state index in [1.807, 2.05) is 6.07 Å². The van der Waals surface area contributed by atoms with Gasteiger partial charge in [-0.15, -0.1) is 0 Å². The number of hydrogen-bond acceptors (Lipinski definition) is 5. The van der Waals surface area contributed by atoms with Crippen molar-refractivity contribution in [3.63, 3.8) is 0 Å². The molecule has 0 aliphatic rings. The summed E-state index contributed by atoms with van der Waals surface area (Å²) in [5, 5.41) is 13.7. The molecule has 0 aliphatic heterocycles. The van der Waals surface area contributed by atoms with E-state index in [0.29, 0.717) is 29.2 Å². The van der Waals surface area contributed by atoms with Crippen molar-refractivity contribution in [1.82, 2.24) is 0 Å². The van der Waals surface area contributed by atoms with Gasteiger partial charge in [0, 0.05) is 12.5 Å². The molecule has 0 aromatic heterocycles. The highest BCUT2D eigenvalue weighted by molar-refractivity contribution is 5.92. The predicted octanol–water partition coefficient (Wildman–Crippen LogP) is 3.49. The molecule has 0 radical (unpaired) electrons. The highest BCUT2D eigenvalue weighted by Crippen LogP contribution is 2.27. The molecule has 25 heavy (non-hydrogen) atoms. The minimum absolute atomic E-state index is 0.0211. The van der Waals surface area contributed by atoms with Crippen molar-refractivity contribution in [2.45, 2.75) is 19.8 Å². The Morgan fingerprint density at radius 1 is 1.20 bits per heavy atom.